The molecule has 17 heavy (non-hydrogen) atoms. The van der Waals surface area contributed by atoms with Gasteiger partial charge in [-0.05, 0) is 6.07 Å². The molecule has 0 aromatic heterocycles. The van der Waals surface area contributed by atoms with Gasteiger partial charge in [-0.3, -0.25) is 10.1 Å². The summed E-state index contributed by atoms with van der Waals surface area (Å²) in [5, 5.41) is 20.4. The van der Waals surface area contributed by atoms with Crippen LogP contribution >= 0.6 is 0 Å². The molecular formula is C11H16N2O4. The minimum Gasteiger partial charge on any atom is -0.490 e. The second-order valence-electron chi connectivity index (χ2n) is 4.04. The lowest BCUT2D eigenvalue weighted by atomic mass is 9.82. The third kappa shape index (κ3) is 2.37. The fourth-order valence-corrected chi connectivity index (χ4v) is 1.62. The van der Waals surface area contributed by atoms with Crippen molar-refractivity contribution in [2.45, 2.75) is 12.3 Å². The summed E-state index contributed by atoms with van der Waals surface area (Å²) in [4.78, 5) is 10.6. The number of nitro groups is 1. The standard InChI is InChI=1S/C11H16N2O4/c1-11(6-12,7-14)8-4-3-5-9(17-2)10(8)13(15)16/h3-5,14H,6-7,12H2,1-2H3. The Morgan fingerprint density at radius 2 is 2.24 bits per heavy atom. The molecular weight excluding hydrogens is 224 g/mol. The number of aliphatic hydroxyl groups excluding tert-OH is 1. The first kappa shape index (κ1) is 13.4. The lowest BCUT2D eigenvalue weighted by Crippen LogP contribution is -2.36. The molecule has 3 N–H and O–H groups in total. The van der Waals surface area contributed by atoms with E-state index in [0.717, 1.165) is 0 Å². The molecule has 6 nitrogen and oxygen atoms in total. The molecule has 0 saturated carbocycles. The third-order valence-electron chi connectivity index (χ3n) is 2.85. The van der Waals surface area contributed by atoms with Crippen LogP contribution in [0, 0.1) is 10.1 Å². The van der Waals surface area contributed by atoms with Crippen LogP contribution in [0.2, 0.25) is 0 Å². The van der Waals surface area contributed by atoms with Gasteiger partial charge >= 0.3 is 5.69 Å². The van der Waals surface area contributed by atoms with Gasteiger partial charge in [0.2, 0.25) is 0 Å². The molecule has 1 atom stereocenters. The Morgan fingerprint density at radius 1 is 1.59 bits per heavy atom. The van der Waals surface area contributed by atoms with Crippen LogP contribution < -0.4 is 10.5 Å². The Balaban J connectivity index is 3.47. The highest BCUT2D eigenvalue weighted by Gasteiger charge is 2.34. The van der Waals surface area contributed by atoms with E-state index in [1.54, 1.807) is 19.1 Å². The lowest BCUT2D eigenvalue weighted by molar-refractivity contribution is -0.387. The van der Waals surface area contributed by atoms with E-state index in [9.17, 15) is 15.2 Å². The number of ether oxygens (including phenoxy) is 1. The van der Waals surface area contributed by atoms with Crippen LogP contribution in [-0.2, 0) is 5.41 Å². The molecule has 0 aliphatic carbocycles. The minimum atomic E-state index is -0.850. The average Bonchev–Trinajstić information content (AvgIpc) is 2.36. The molecule has 0 bridgehead atoms. The van der Waals surface area contributed by atoms with Gasteiger partial charge in [-0.15, -0.1) is 0 Å². The van der Waals surface area contributed by atoms with Gasteiger partial charge in [-0.2, -0.15) is 0 Å². The van der Waals surface area contributed by atoms with E-state index in [-0.39, 0.29) is 24.6 Å². The van der Waals surface area contributed by atoms with Crippen LogP contribution in [0.25, 0.3) is 0 Å². The Kier molecular flexibility index (Phi) is 4.03. The highest BCUT2D eigenvalue weighted by atomic mass is 16.6. The zero-order valence-electron chi connectivity index (χ0n) is 9.84. The van der Waals surface area contributed by atoms with E-state index in [4.69, 9.17) is 10.5 Å². The lowest BCUT2D eigenvalue weighted by Gasteiger charge is -2.25. The van der Waals surface area contributed by atoms with Crippen molar-refractivity contribution in [2.75, 3.05) is 20.3 Å². The SMILES string of the molecule is COc1cccc(C(C)(CN)CO)c1[N+](=O)[O-]. The Bertz CT molecular complexity index is 416. The van der Waals surface area contributed by atoms with E-state index in [2.05, 4.69) is 0 Å². The molecule has 0 radical (unpaired) electrons. The van der Waals surface area contributed by atoms with Gasteiger partial charge in [0.1, 0.15) is 0 Å². The molecule has 0 aliphatic rings. The molecule has 0 heterocycles. The van der Waals surface area contributed by atoms with Crippen molar-refractivity contribution < 1.29 is 14.8 Å². The van der Waals surface area contributed by atoms with E-state index in [1.165, 1.54) is 13.2 Å². The van der Waals surface area contributed by atoms with Crippen molar-refractivity contribution in [3.8, 4) is 5.75 Å². The first-order valence-electron chi connectivity index (χ1n) is 5.13. The predicted molar refractivity (Wildman–Crippen MR) is 63.1 cm³/mol. The number of hydrogen-bond donors (Lipinski definition) is 2. The first-order chi connectivity index (χ1) is 8.00. The predicted octanol–water partition coefficient (Wildman–Crippen LogP) is 0.812. The summed E-state index contributed by atoms with van der Waals surface area (Å²) in [7, 11) is 1.37. The molecule has 0 aliphatic heterocycles. The number of benzene rings is 1. The maximum Gasteiger partial charge on any atom is 0.314 e. The van der Waals surface area contributed by atoms with Crippen LogP contribution in [0.4, 0.5) is 5.69 Å². The van der Waals surface area contributed by atoms with Crippen molar-refractivity contribution in [3.63, 3.8) is 0 Å². The summed E-state index contributed by atoms with van der Waals surface area (Å²) in [6.07, 6.45) is 0. The number of aliphatic hydroxyl groups is 1. The maximum atomic E-state index is 11.1. The van der Waals surface area contributed by atoms with Gasteiger partial charge in [0.05, 0.1) is 18.6 Å². The number of para-hydroxylation sites is 1. The second kappa shape index (κ2) is 5.11. The summed E-state index contributed by atoms with van der Waals surface area (Å²) >= 11 is 0. The molecule has 0 amide bonds. The van der Waals surface area contributed by atoms with E-state index in [0.29, 0.717) is 5.56 Å². The van der Waals surface area contributed by atoms with Gasteiger partial charge < -0.3 is 15.6 Å². The number of methoxy groups -OCH3 is 1. The molecule has 0 saturated heterocycles. The van der Waals surface area contributed by atoms with Crippen molar-refractivity contribution in [1.82, 2.24) is 0 Å². The molecule has 1 rings (SSSR count). The quantitative estimate of drug-likeness (QED) is 0.586. The average molecular weight is 240 g/mol. The Labute approximate surface area is 99.2 Å². The van der Waals surface area contributed by atoms with E-state index < -0.39 is 10.3 Å². The summed E-state index contributed by atoms with van der Waals surface area (Å²) in [5.74, 6) is 0.167. The van der Waals surface area contributed by atoms with Crippen molar-refractivity contribution in [2.24, 2.45) is 5.73 Å². The van der Waals surface area contributed by atoms with Crippen LogP contribution in [-0.4, -0.2) is 30.3 Å². The number of nitrogens with two attached hydrogens (primary N) is 1. The molecule has 6 heteroatoms. The van der Waals surface area contributed by atoms with Crippen LogP contribution in [0.15, 0.2) is 18.2 Å². The maximum absolute atomic E-state index is 11.1. The van der Waals surface area contributed by atoms with Gasteiger partial charge in [0.25, 0.3) is 0 Å². The molecule has 0 spiro atoms. The van der Waals surface area contributed by atoms with Crippen LogP contribution in [0.1, 0.15) is 12.5 Å². The normalized spacial score (nSPS) is 14.1. The van der Waals surface area contributed by atoms with E-state index >= 15 is 0 Å². The Morgan fingerprint density at radius 3 is 2.65 bits per heavy atom. The largest absolute Gasteiger partial charge is 0.490 e. The highest BCUT2D eigenvalue weighted by Crippen LogP contribution is 2.37. The topological polar surface area (TPSA) is 98.6 Å². The second-order valence-corrected chi connectivity index (χ2v) is 4.04. The number of nitro benzene ring substituents is 1. The monoisotopic (exact) mass is 240 g/mol. The fraction of sp³-hybridized carbons (Fsp3) is 0.455. The molecule has 1 aromatic carbocycles. The number of rotatable bonds is 5. The van der Waals surface area contributed by atoms with Crippen LogP contribution in [0.5, 0.6) is 5.75 Å². The van der Waals surface area contributed by atoms with E-state index in [1.807, 2.05) is 0 Å². The first-order valence-corrected chi connectivity index (χ1v) is 5.13. The van der Waals surface area contributed by atoms with Gasteiger partial charge in [-0.25, -0.2) is 0 Å². The molecule has 1 unspecified atom stereocenters. The third-order valence-corrected chi connectivity index (χ3v) is 2.85. The summed E-state index contributed by atoms with van der Waals surface area (Å²) < 4.78 is 4.97. The van der Waals surface area contributed by atoms with Gasteiger partial charge in [-0.1, -0.05) is 19.1 Å². The minimum absolute atomic E-state index is 0.109. The summed E-state index contributed by atoms with van der Waals surface area (Å²) in [6, 6.07) is 4.74. The Hall–Kier alpha value is -1.66. The fourth-order valence-electron chi connectivity index (χ4n) is 1.62. The van der Waals surface area contributed by atoms with Crippen LogP contribution in [0.3, 0.4) is 0 Å². The zero-order valence-corrected chi connectivity index (χ0v) is 9.84. The molecule has 94 valence electrons. The number of nitrogens with zero attached hydrogens (tertiary/aromatic N) is 1. The molecule has 0 fully saturated rings. The zero-order chi connectivity index (χ0) is 13.1. The smallest absolute Gasteiger partial charge is 0.314 e. The highest BCUT2D eigenvalue weighted by molar-refractivity contribution is 5.55. The van der Waals surface area contributed by atoms with Crippen molar-refractivity contribution >= 4 is 5.69 Å². The van der Waals surface area contributed by atoms with Crippen molar-refractivity contribution in [1.29, 1.82) is 0 Å². The van der Waals surface area contributed by atoms with Crippen molar-refractivity contribution in [3.05, 3.63) is 33.9 Å². The molecule has 1 aromatic rings. The summed E-state index contributed by atoms with van der Waals surface area (Å²) in [5.41, 5.74) is 4.98. The van der Waals surface area contributed by atoms with Gasteiger partial charge in [0.15, 0.2) is 5.75 Å². The van der Waals surface area contributed by atoms with Gasteiger partial charge in [0, 0.05) is 17.5 Å². The number of hydrogen-bond acceptors (Lipinski definition) is 5. The summed E-state index contributed by atoms with van der Waals surface area (Å²) in [6.45, 7) is 1.52.